The van der Waals surface area contributed by atoms with Crippen molar-refractivity contribution < 1.29 is 27.5 Å². The second-order valence-electron chi connectivity index (χ2n) is 10.7. The van der Waals surface area contributed by atoms with E-state index in [0.29, 0.717) is 31.1 Å². The second kappa shape index (κ2) is 15.4. The number of amides is 2. The molecule has 0 spiro atoms. The van der Waals surface area contributed by atoms with Gasteiger partial charge in [-0.25, -0.2) is 8.42 Å². The van der Waals surface area contributed by atoms with E-state index in [1.54, 1.807) is 62.6 Å². The molecule has 0 radical (unpaired) electrons. The molecular weight excluding hydrogens is 566 g/mol. The van der Waals surface area contributed by atoms with Crippen LogP contribution in [0.25, 0.3) is 0 Å². The molecule has 9 nitrogen and oxygen atoms in total. The summed E-state index contributed by atoms with van der Waals surface area (Å²) in [5.41, 5.74) is 1.88. The van der Waals surface area contributed by atoms with Crippen LogP contribution in [0.5, 0.6) is 11.5 Å². The van der Waals surface area contributed by atoms with E-state index in [9.17, 15) is 18.0 Å². The predicted molar refractivity (Wildman–Crippen MR) is 169 cm³/mol. The molecule has 0 unspecified atom stereocenters. The van der Waals surface area contributed by atoms with Crippen molar-refractivity contribution in [3.05, 3.63) is 83.9 Å². The van der Waals surface area contributed by atoms with Crippen LogP contribution >= 0.6 is 0 Å². The highest BCUT2D eigenvalue weighted by Crippen LogP contribution is 2.33. The fourth-order valence-electron chi connectivity index (χ4n) is 4.60. The molecular formula is C33H43N3O6S. The van der Waals surface area contributed by atoms with Crippen molar-refractivity contribution in [3.63, 3.8) is 0 Å². The van der Waals surface area contributed by atoms with Gasteiger partial charge in [0.1, 0.15) is 24.1 Å². The van der Waals surface area contributed by atoms with Crippen molar-refractivity contribution in [1.29, 1.82) is 0 Å². The van der Waals surface area contributed by atoms with Crippen molar-refractivity contribution in [3.8, 4) is 11.5 Å². The molecule has 232 valence electrons. The van der Waals surface area contributed by atoms with E-state index in [2.05, 4.69) is 5.32 Å². The van der Waals surface area contributed by atoms with Gasteiger partial charge < -0.3 is 19.7 Å². The molecule has 43 heavy (non-hydrogen) atoms. The number of rotatable bonds is 15. The van der Waals surface area contributed by atoms with Crippen LogP contribution in [0.1, 0.15) is 45.2 Å². The molecule has 1 N–H and O–H groups in total. The zero-order valence-electron chi connectivity index (χ0n) is 25.9. The van der Waals surface area contributed by atoms with E-state index in [0.717, 1.165) is 15.4 Å². The molecule has 0 saturated carbocycles. The highest BCUT2D eigenvalue weighted by atomic mass is 32.2. The molecule has 3 aromatic carbocycles. The largest absolute Gasteiger partial charge is 0.497 e. The lowest BCUT2D eigenvalue weighted by atomic mass is 10.1. The summed E-state index contributed by atoms with van der Waals surface area (Å²) in [5.74, 6) is 0.326. The highest BCUT2D eigenvalue weighted by Gasteiger charge is 2.34. The first kappa shape index (κ1) is 33.5. The lowest BCUT2D eigenvalue weighted by Crippen LogP contribution is -2.52. The number of hydrogen-bond donors (Lipinski definition) is 1. The van der Waals surface area contributed by atoms with Crippen LogP contribution in [0, 0.1) is 12.8 Å². The Morgan fingerprint density at radius 1 is 0.953 bits per heavy atom. The Morgan fingerprint density at radius 2 is 1.65 bits per heavy atom. The second-order valence-corrected chi connectivity index (χ2v) is 12.5. The van der Waals surface area contributed by atoms with Crippen LogP contribution in [0.15, 0.2) is 77.7 Å². The highest BCUT2D eigenvalue weighted by molar-refractivity contribution is 7.92. The van der Waals surface area contributed by atoms with Crippen molar-refractivity contribution in [2.75, 3.05) is 31.1 Å². The van der Waals surface area contributed by atoms with Gasteiger partial charge >= 0.3 is 0 Å². The number of sulfonamides is 1. The molecule has 1 atom stereocenters. The number of benzene rings is 3. The Kier molecular flexibility index (Phi) is 12.0. The van der Waals surface area contributed by atoms with Gasteiger partial charge in [-0.3, -0.25) is 13.9 Å². The van der Waals surface area contributed by atoms with Gasteiger partial charge in [0.25, 0.3) is 10.0 Å². The van der Waals surface area contributed by atoms with Gasteiger partial charge in [0.15, 0.2) is 0 Å². The van der Waals surface area contributed by atoms with E-state index in [1.165, 1.54) is 17.0 Å². The predicted octanol–water partition coefficient (Wildman–Crippen LogP) is 5.18. The Labute approximate surface area is 255 Å². The summed E-state index contributed by atoms with van der Waals surface area (Å²) in [6.45, 7) is 9.77. The standard InChI is InChI=1S/C33H43N3O6S/c1-7-29(33(38)34-21-24(3)4)35(22-26-12-11-13-27(20-26)41-6)32(37)23-36(30-14-9-10-15-31(30)42-8-2)43(39,40)28-18-16-25(5)17-19-28/h9-20,24,29H,7-8,21-23H2,1-6H3,(H,34,38)/t29-/m1/s1. The normalized spacial score (nSPS) is 12.0. The zero-order chi connectivity index (χ0) is 31.6. The number of methoxy groups -OCH3 is 1. The third-order valence-electron chi connectivity index (χ3n) is 6.88. The minimum Gasteiger partial charge on any atom is -0.497 e. The number of ether oxygens (including phenoxy) is 2. The molecule has 0 fully saturated rings. The van der Waals surface area contributed by atoms with Gasteiger partial charge in [-0.05, 0) is 68.1 Å². The van der Waals surface area contributed by atoms with E-state index in [1.807, 2.05) is 39.8 Å². The maximum atomic E-state index is 14.3. The summed E-state index contributed by atoms with van der Waals surface area (Å²) in [6.07, 6.45) is 0.333. The molecule has 3 rings (SSSR count). The van der Waals surface area contributed by atoms with Crippen LogP contribution in [-0.4, -0.2) is 58.0 Å². The van der Waals surface area contributed by atoms with Gasteiger partial charge in [0.05, 0.1) is 24.3 Å². The summed E-state index contributed by atoms with van der Waals surface area (Å²) in [4.78, 5) is 29.2. The van der Waals surface area contributed by atoms with E-state index in [-0.39, 0.29) is 29.0 Å². The van der Waals surface area contributed by atoms with Crippen molar-refractivity contribution in [1.82, 2.24) is 10.2 Å². The molecule has 0 aliphatic carbocycles. The molecule has 0 aliphatic heterocycles. The molecule has 0 bridgehead atoms. The van der Waals surface area contributed by atoms with Crippen molar-refractivity contribution >= 4 is 27.5 Å². The van der Waals surface area contributed by atoms with Crippen LogP contribution < -0.4 is 19.1 Å². The maximum Gasteiger partial charge on any atom is 0.264 e. The first-order valence-corrected chi connectivity index (χ1v) is 16.0. The summed E-state index contributed by atoms with van der Waals surface area (Å²) in [5, 5.41) is 2.94. The monoisotopic (exact) mass is 609 g/mol. The molecule has 0 aromatic heterocycles. The minimum absolute atomic E-state index is 0.0401. The van der Waals surface area contributed by atoms with Gasteiger partial charge in [0, 0.05) is 13.1 Å². The van der Waals surface area contributed by atoms with Crippen LogP contribution in [-0.2, 0) is 26.2 Å². The van der Waals surface area contributed by atoms with Crippen molar-refractivity contribution in [2.45, 2.75) is 58.5 Å². The smallest absolute Gasteiger partial charge is 0.264 e. The fourth-order valence-corrected chi connectivity index (χ4v) is 6.03. The Balaban J connectivity index is 2.11. The quantitative estimate of drug-likeness (QED) is 0.255. The summed E-state index contributed by atoms with van der Waals surface area (Å²) >= 11 is 0. The Bertz CT molecular complexity index is 1470. The van der Waals surface area contributed by atoms with Gasteiger partial charge in [-0.15, -0.1) is 0 Å². The number of nitrogens with zero attached hydrogens (tertiary/aromatic N) is 2. The van der Waals surface area contributed by atoms with Crippen molar-refractivity contribution in [2.24, 2.45) is 5.92 Å². The van der Waals surface area contributed by atoms with Crippen LogP contribution in [0.4, 0.5) is 5.69 Å². The average molecular weight is 610 g/mol. The molecule has 0 heterocycles. The lowest BCUT2D eigenvalue weighted by molar-refractivity contribution is -0.140. The van der Waals surface area contributed by atoms with Crippen LogP contribution in [0.3, 0.4) is 0 Å². The zero-order valence-corrected chi connectivity index (χ0v) is 26.7. The van der Waals surface area contributed by atoms with Gasteiger partial charge in [-0.1, -0.05) is 62.7 Å². The van der Waals surface area contributed by atoms with E-state index >= 15 is 0 Å². The number of carbonyl (C=O) groups is 2. The number of para-hydroxylation sites is 2. The summed E-state index contributed by atoms with van der Waals surface area (Å²) in [6, 6.07) is 19.6. The minimum atomic E-state index is -4.21. The lowest BCUT2D eigenvalue weighted by Gasteiger charge is -2.33. The third-order valence-corrected chi connectivity index (χ3v) is 8.65. The Hall–Kier alpha value is -4.05. The fraction of sp³-hybridized carbons (Fsp3) is 0.394. The number of nitrogens with one attached hydrogen (secondary N) is 1. The summed E-state index contributed by atoms with van der Waals surface area (Å²) < 4.78 is 40.5. The topological polar surface area (TPSA) is 105 Å². The molecule has 2 amide bonds. The molecule has 0 aliphatic rings. The van der Waals surface area contributed by atoms with Crippen LogP contribution in [0.2, 0.25) is 0 Å². The molecule has 0 saturated heterocycles. The molecule has 3 aromatic rings. The Morgan fingerprint density at radius 3 is 2.28 bits per heavy atom. The third kappa shape index (κ3) is 8.73. The number of carbonyl (C=O) groups excluding carboxylic acids is 2. The number of hydrogen-bond acceptors (Lipinski definition) is 6. The maximum absolute atomic E-state index is 14.3. The SMILES string of the molecule is CCOc1ccccc1N(CC(=O)N(Cc1cccc(OC)c1)[C@H](CC)C(=O)NCC(C)C)S(=O)(=O)c1ccc(C)cc1. The first-order chi connectivity index (χ1) is 20.5. The average Bonchev–Trinajstić information content (AvgIpc) is 2.99. The van der Waals surface area contributed by atoms with E-state index in [4.69, 9.17) is 9.47 Å². The van der Waals surface area contributed by atoms with Gasteiger partial charge in [0.2, 0.25) is 11.8 Å². The first-order valence-electron chi connectivity index (χ1n) is 14.5. The summed E-state index contributed by atoms with van der Waals surface area (Å²) in [7, 11) is -2.66. The number of anilines is 1. The molecule has 10 heteroatoms. The van der Waals surface area contributed by atoms with Gasteiger partial charge in [-0.2, -0.15) is 0 Å². The number of aryl methyl sites for hydroxylation is 1. The van der Waals surface area contributed by atoms with E-state index < -0.39 is 28.5 Å².